The highest BCUT2D eigenvalue weighted by Crippen LogP contribution is 2.39. The van der Waals surface area contributed by atoms with Crippen LogP contribution < -0.4 is 15.4 Å². The van der Waals surface area contributed by atoms with E-state index in [0.717, 1.165) is 16.9 Å². The topological polar surface area (TPSA) is 110 Å². The second kappa shape index (κ2) is 11.8. The fourth-order valence-corrected chi connectivity index (χ4v) is 6.04. The molecule has 0 fully saturated rings. The number of rotatable bonds is 9. The molecule has 1 aliphatic rings. The summed E-state index contributed by atoms with van der Waals surface area (Å²) in [4.78, 5) is 50.2. The van der Waals surface area contributed by atoms with Crippen molar-refractivity contribution in [1.82, 2.24) is 24.2 Å². The fourth-order valence-electron chi connectivity index (χ4n) is 6.04. The molecular weight excluding hydrogens is 570 g/mol. The number of hydrogen-bond donors (Lipinski definition) is 0. The zero-order valence-electron chi connectivity index (χ0n) is 26.2. The normalized spacial score (nSPS) is 14.8. The Labute approximate surface area is 261 Å². The zero-order valence-corrected chi connectivity index (χ0v) is 26.2. The quantitative estimate of drug-likeness (QED) is 0.226. The third-order valence-corrected chi connectivity index (χ3v) is 8.45. The van der Waals surface area contributed by atoms with E-state index in [4.69, 9.17) is 4.42 Å². The lowest BCUT2D eigenvalue weighted by molar-refractivity contribution is -0.137. The van der Waals surface area contributed by atoms with Gasteiger partial charge in [0.15, 0.2) is 5.82 Å². The van der Waals surface area contributed by atoms with Gasteiger partial charge in [-0.05, 0) is 69.7 Å². The number of carbonyl (C=O) groups is 2. The highest BCUT2D eigenvalue weighted by atomic mass is 16.3. The van der Waals surface area contributed by atoms with E-state index in [0.29, 0.717) is 60.8 Å². The van der Waals surface area contributed by atoms with Gasteiger partial charge in [-0.1, -0.05) is 12.1 Å². The molecule has 0 saturated carbocycles. The van der Waals surface area contributed by atoms with Crippen molar-refractivity contribution in [3.05, 3.63) is 101 Å². The van der Waals surface area contributed by atoms with E-state index in [1.165, 1.54) is 0 Å². The van der Waals surface area contributed by atoms with Crippen molar-refractivity contribution in [2.24, 2.45) is 5.41 Å². The Morgan fingerprint density at radius 1 is 0.933 bits per heavy atom. The molecule has 0 aliphatic carbocycles. The summed E-state index contributed by atoms with van der Waals surface area (Å²) < 4.78 is 9.10. The summed E-state index contributed by atoms with van der Waals surface area (Å²) in [5, 5.41) is 4.95. The monoisotopic (exact) mass is 607 g/mol. The van der Waals surface area contributed by atoms with E-state index in [1.807, 2.05) is 62.5 Å². The van der Waals surface area contributed by atoms with Crippen LogP contribution in [0, 0.1) is 12.3 Å². The average molecular weight is 608 g/mol. The highest BCUT2D eigenvalue weighted by molar-refractivity contribution is 6.19. The number of aryl methyl sites for hydroxylation is 1. The number of pyridine rings is 2. The van der Waals surface area contributed by atoms with E-state index in [-0.39, 0.29) is 17.4 Å². The minimum absolute atomic E-state index is 0.0972. The van der Waals surface area contributed by atoms with Gasteiger partial charge in [0.1, 0.15) is 16.8 Å². The third kappa shape index (κ3) is 5.55. The predicted octanol–water partition coefficient (Wildman–Crippen LogP) is 4.54. The Morgan fingerprint density at radius 2 is 1.76 bits per heavy atom. The molecule has 11 heteroatoms. The summed E-state index contributed by atoms with van der Waals surface area (Å²) in [5.74, 6) is 0.962. The van der Waals surface area contributed by atoms with Crippen LogP contribution in [0.1, 0.15) is 37.7 Å². The first kappa shape index (κ1) is 30.0. The maximum atomic E-state index is 13.4. The summed E-state index contributed by atoms with van der Waals surface area (Å²) in [5.41, 5.74) is 2.64. The van der Waals surface area contributed by atoms with Crippen molar-refractivity contribution < 1.29 is 14.0 Å². The molecule has 6 rings (SSSR count). The molecule has 0 saturated heterocycles. The van der Waals surface area contributed by atoms with Crippen LogP contribution >= 0.6 is 0 Å². The molecule has 0 N–H and O–H groups in total. The van der Waals surface area contributed by atoms with Gasteiger partial charge in [0, 0.05) is 70.1 Å². The number of furan rings is 1. The molecule has 5 heterocycles. The van der Waals surface area contributed by atoms with Crippen LogP contribution in [-0.2, 0) is 29.2 Å². The number of benzene rings is 1. The third-order valence-electron chi connectivity index (χ3n) is 8.45. The SMILES string of the molecule is CCN1C(=O)C(C)(C)C(=O)N(C)c2cc(CN(CCn3ccc4oc(C)cc4c3=O)Cc3cccnc3-n3cccn3)ccc21. The number of aromatic nitrogens is 4. The molecule has 0 bridgehead atoms. The number of nitrogens with zero attached hydrogens (tertiary/aromatic N) is 7. The van der Waals surface area contributed by atoms with Crippen molar-refractivity contribution in [2.45, 2.75) is 47.3 Å². The first-order valence-electron chi connectivity index (χ1n) is 15.1. The molecular formula is C34H37N7O4. The number of fused-ring (bicyclic) bond motifs is 2. The molecule has 45 heavy (non-hydrogen) atoms. The van der Waals surface area contributed by atoms with E-state index < -0.39 is 5.41 Å². The Kier molecular flexibility index (Phi) is 7.88. The molecule has 0 spiro atoms. The van der Waals surface area contributed by atoms with Gasteiger partial charge in [-0.3, -0.25) is 19.3 Å². The van der Waals surface area contributed by atoms with E-state index in [1.54, 1.807) is 64.6 Å². The number of carbonyl (C=O) groups excluding carboxylic acids is 2. The van der Waals surface area contributed by atoms with E-state index in [2.05, 4.69) is 15.0 Å². The number of anilines is 2. The molecule has 4 aromatic heterocycles. The van der Waals surface area contributed by atoms with Crippen LogP contribution in [0.4, 0.5) is 11.4 Å². The fraction of sp³-hybridized carbons (Fsp3) is 0.324. The first-order chi connectivity index (χ1) is 21.6. The molecule has 0 radical (unpaired) electrons. The molecule has 2 amide bonds. The minimum atomic E-state index is -1.18. The second-order valence-corrected chi connectivity index (χ2v) is 12.0. The summed E-state index contributed by atoms with van der Waals surface area (Å²) in [7, 11) is 1.73. The Bertz CT molecular complexity index is 1940. The maximum absolute atomic E-state index is 13.4. The lowest BCUT2D eigenvalue weighted by Crippen LogP contribution is -2.47. The predicted molar refractivity (Wildman–Crippen MR) is 172 cm³/mol. The van der Waals surface area contributed by atoms with Crippen molar-refractivity contribution in [2.75, 3.05) is 29.9 Å². The van der Waals surface area contributed by atoms with Crippen LogP contribution in [0.5, 0.6) is 0 Å². The van der Waals surface area contributed by atoms with Crippen molar-refractivity contribution >= 4 is 34.2 Å². The lowest BCUT2D eigenvalue weighted by Gasteiger charge is -2.27. The van der Waals surface area contributed by atoms with Gasteiger partial charge in [0.25, 0.3) is 5.56 Å². The molecule has 0 atom stereocenters. The standard InChI is InChI=1S/C34H37N7O4/c1-6-40-27-11-10-24(20-28(27)37(5)32(43)34(3,4)33(40)44)21-38(22-25-9-7-13-35-30(25)41-15-8-14-36-41)17-18-39-16-12-29-26(31(39)42)19-23(2)45-29/h7-16,19-20H,6,17-18,21-22H2,1-5H3. The van der Waals surface area contributed by atoms with Gasteiger partial charge < -0.3 is 18.8 Å². The van der Waals surface area contributed by atoms with E-state index in [9.17, 15) is 14.4 Å². The van der Waals surface area contributed by atoms with Crippen LogP contribution in [0.15, 0.2) is 82.5 Å². The molecule has 1 aliphatic heterocycles. The average Bonchev–Trinajstić information content (AvgIpc) is 3.70. The molecule has 1 aromatic carbocycles. The minimum Gasteiger partial charge on any atom is -0.461 e. The van der Waals surface area contributed by atoms with Gasteiger partial charge in [-0.2, -0.15) is 5.10 Å². The molecule has 11 nitrogen and oxygen atoms in total. The van der Waals surface area contributed by atoms with Crippen molar-refractivity contribution in [3.63, 3.8) is 0 Å². The smallest absolute Gasteiger partial charge is 0.261 e. The first-order valence-corrected chi connectivity index (χ1v) is 15.1. The van der Waals surface area contributed by atoms with E-state index >= 15 is 0 Å². The van der Waals surface area contributed by atoms with Gasteiger partial charge in [0.05, 0.1) is 16.8 Å². The molecule has 232 valence electrons. The summed E-state index contributed by atoms with van der Waals surface area (Å²) in [6.45, 7) is 9.62. The zero-order chi connectivity index (χ0) is 31.9. The second-order valence-electron chi connectivity index (χ2n) is 12.0. The van der Waals surface area contributed by atoms with Crippen LogP contribution in [0.25, 0.3) is 16.8 Å². The van der Waals surface area contributed by atoms with Crippen LogP contribution in [0.2, 0.25) is 0 Å². The largest absolute Gasteiger partial charge is 0.461 e. The number of hydrogen-bond acceptors (Lipinski definition) is 7. The molecule has 0 unspecified atom stereocenters. The van der Waals surface area contributed by atoms with Crippen LogP contribution in [-0.4, -0.2) is 56.2 Å². The van der Waals surface area contributed by atoms with Crippen LogP contribution in [0.3, 0.4) is 0 Å². The summed E-state index contributed by atoms with van der Waals surface area (Å²) in [6.07, 6.45) is 7.09. The summed E-state index contributed by atoms with van der Waals surface area (Å²) in [6, 6.07) is 15.3. The lowest BCUT2D eigenvalue weighted by atomic mass is 9.90. The molecule has 5 aromatic rings. The van der Waals surface area contributed by atoms with Gasteiger partial charge in [0.2, 0.25) is 11.8 Å². The maximum Gasteiger partial charge on any atom is 0.261 e. The Hall–Kier alpha value is -5.03. The van der Waals surface area contributed by atoms with Crippen molar-refractivity contribution in [1.29, 1.82) is 0 Å². The Balaban J connectivity index is 1.35. The van der Waals surface area contributed by atoms with Gasteiger partial charge in [-0.15, -0.1) is 0 Å². The van der Waals surface area contributed by atoms with Gasteiger partial charge >= 0.3 is 0 Å². The highest BCUT2D eigenvalue weighted by Gasteiger charge is 2.45. The number of amides is 2. The Morgan fingerprint density at radius 3 is 2.51 bits per heavy atom. The van der Waals surface area contributed by atoms with Crippen molar-refractivity contribution in [3.8, 4) is 5.82 Å². The summed E-state index contributed by atoms with van der Waals surface area (Å²) >= 11 is 0. The van der Waals surface area contributed by atoms with Gasteiger partial charge in [-0.25, -0.2) is 9.67 Å².